The summed E-state index contributed by atoms with van der Waals surface area (Å²) in [6.45, 7) is 0. The number of halogens is 3. The van der Waals surface area contributed by atoms with Gasteiger partial charge < -0.3 is 0 Å². The van der Waals surface area contributed by atoms with E-state index >= 15 is 0 Å². The Hall–Kier alpha value is 0.880. The number of hydrogen-bond acceptors (Lipinski definition) is 2. The fourth-order valence-corrected chi connectivity index (χ4v) is 1.64. The van der Waals surface area contributed by atoms with Crippen LogP contribution >= 0.6 is 55.8 Å². The van der Waals surface area contributed by atoms with Crippen molar-refractivity contribution in [2.45, 2.75) is 5.33 Å². The fourth-order valence-electron chi connectivity index (χ4n) is 0.350. The molecule has 0 bridgehead atoms. The Bertz CT molecular complexity index is 179. The Morgan fingerprint density at radius 1 is 1.78 bits per heavy atom. The average molecular weight is 293 g/mol. The Morgan fingerprint density at radius 3 is 2.67 bits per heavy atom. The van der Waals surface area contributed by atoms with Crippen LogP contribution in [0.1, 0.15) is 5.01 Å². The van der Waals surface area contributed by atoms with E-state index in [4.69, 9.17) is 11.6 Å². The molecule has 0 aliphatic rings. The Labute approximate surface area is 81.3 Å². The fraction of sp³-hybridized carbons (Fsp3) is 0.250. The third-order valence-electron chi connectivity index (χ3n) is 0.640. The molecule has 0 saturated carbocycles. The van der Waals surface area contributed by atoms with Crippen LogP contribution in [0.25, 0.3) is 0 Å². The predicted octanol–water partition coefficient (Wildman–Crippen LogP) is 3.27. The molecular weight excluding hydrogens is 289 g/mol. The lowest BCUT2D eigenvalue weighted by atomic mass is 10.8. The van der Waals surface area contributed by atoms with Gasteiger partial charge >= 0.3 is 0 Å². The Balaban J connectivity index is 0.000000640. The quantitative estimate of drug-likeness (QED) is 0.724. The van der Waals surface area contributed by atoms with Crippen LogP contribution < -0.4 is 0 Å². The van der Waals surface area contributed by atoms with Crippen LogP contribution in [-0.4, -0.2) is 4.98 Å². The first kappa shape index (κ1) is 9.88. The zero-order valence-electron chi connectivity index (χ0n) is 4.30. The van der Waals surface area contributed by atoms with Crippen molar-refractivity contribution in [2.75, 3.05) is 0 Å². The smallest absolute Gasteiger partial charge is 0.113 e. The molecule has 0 atom stereocenters. The number of nitrogens with zero attached hydrogens (tertiary/aromatic N) is 1. The summed E-state index contributed by atoms with van der Waals surface area (Å²) < 4.78 is 0.749. The first-order valence-corrected chi connectivity index (χ1v) is 4.30. The molecule has 0 aliphatic heterocycles. The van der Waals surface area contributed by atoms with Gasteiger partial charge in [-0.15, -0.1) is 28.3 Å². The largest absolute Gasteiger partial charge is 0.247 e. The molecule has 1 rings (SSSR count). The summed E-state index contributed by atoms with van der Waals surface area (Å²) in [7, 11) is 0. The molecule has 5 heteroatoms. The van der Waals surface area contributed by atoms with E-state index < -0.39 is 0 Å². The van der Waals surface area contributed by atoms with E-state index in [1.54, 1.807) is 6.20 Å². The highest BCUT2D eigenvalue weighted by molar-refractivity contribution is 9.08. The molecule has 0 radical (unpaired) electrons. The van der Waals surface area contributed by atoms with Gasteiger partial charge in [-0.1, -0.05) is 27.5 Å². The topological polar surface area (TPSA) is 12.9 Å². The maximum atomic E-state index is 5.57. The number of hydrogen-bond donors (Lipinski definition) is 0. The van der Waals surface area contributed by atoms with Gasteiger partial charge in [0.15, 0.2) is 0 Å². The van der Waals surface area contributed by atoms with E-state index in [1.165, 1.54) is 11.3 Å². The van der Waals surface area contributed by atoms with Crippen molar-refractivity contribution < 1.29 is 0 Å². The summed E-state index contributed by atoms with van der Waals surface area (Å²) >= 11 is 10.3. The molecule has 0 amide bonds. The minimum absolute atomic E-state index is 0. The van der Waals surface area contributed by atoms with Crippen LogP contribution in [0.2, 0.25) is 4.34 Å². The molecule has 9 heavy (non-hydrogen) atoms. The highest BCUT2D eigenvalue weighted by Gasteiger charge is 1.94. The minimum atomic E-state index is 0. The standard InChI is InChI=1S/C4H3BrClNS.BrH/c5-1-4-7-2-3(6)8-4;/h2H,1H2;1H. The number of rotatable bonds is 1. The lowest BCUT2D eigenvalue weighted by Crippen LogP contribution is -1.66. The molecule has 1 heterocycles. The van der Waals surface area contributed by atoms with Crippen molar-refractivity contribution in [2.24, 2.45) is 0 Å². The normalized spacial score (nSPS) is 8.67. The summed E-state index contributed by atoms with van der Waals surface area (Å²) in [6, 6.07) is 0. The lowest BCUT2D eigenvalue weighted by molar-refractivity contribution is 1.28. The predicted molar refractivity (Wildman–Crippen MR) is 50.1 cm³/mol. The number of aromatic nitrogens is 1. The molecule has 1 nitrogen and oxygen atoms in total. The van der Waals surface area contributed by atoms with Crippen LogP contribution in [0.4, 0.5) is 0 Å². The summed E-state index contributed by atoms with van der Waals surface area (Å²) in [5.74, 6) is 0. The van der Waals surface area contributed by atoms with Crippen LogP contribution in [0.5, 0.6) is 0 Å². The highest BCUT2D eigenvalue weighted by atomic mass is 79.9. The summed E-state index contributed by atoms with van der Waals surface area (Å²) in [4.78, 5) is 3.97. The van der Waals surface area contributed by atoms with Gasteiger partial charge in [0.25, 0.3) is 0 Å². The second-order valence-electron chi connectivity index (χ2n) is 1.19. The third-order valence-corrected chi connectivity index (χ3v) is 2.66. The van der Waals surface area contributed by atoms with Crippen molar-refractivity contribution in [3.05, 3.63) is 15.5 Å². The first-order chi connectivity index (χ1) is 3.83. The molecule has 0 aromatic carbocycles. The summed E-state index contributed by atoms with van der Waals surface area (Å²) in [5, 5.41) is 1.82. The minimum Gasteiger partial charge on any atom is -0.247 e. The van der Waals surface area contributed by atoms with E-state index in [0.29, 0.717) is 0 Å². The monoisotopic (exact) mass is 291 g/mol. The van der Waals surface area contributed by atoms with Gasteiger partial charge in [0.2, 0.25) is 0 Å². The lowest BCUT2D eigenvalue weighted by Gasteiger charge is -1.76. The summed E-state index contributed by atoms with van der Waals surface area (Å²) in [6.07, 6.45) is 1.66. The molecule has 0 spiro atoms. The van der Waals surface area contributed by atoms with Crippen LogP contribution in [-0.2, 0) is 5.33 Å². The molecule has 1 aromatic heterocycles. The molecular formula is C4H4Br2ClNS. The zero-order valence-corrected chi connectivity index (χ0v) is 9.18. The second-order valence-corrected chi connectivity index (χ2v) is 3.50. The molecule has 0 aliphatic carbocycles. The van der Waals surface area contributed by atoms with Gasteiger partial charge in [0.05, 0.1) is 11.5 Å². The Morgan fingerprint density at radius 2 is 2.44 bits per heavy atom. The van der Waals surface area contributed by atoms with Gasteiger partial charge in [-0.3, -0.25) is 0 Å². The van der Waals surface area contributed by atoms with Gasteiger partial charge in [0.1, 0.15) is 9.34 Å². The van der Waals surface area contributed by atoms with Crippen molar-refractivity contribution >= 4 is 55.8 Å². The second kappa shape index (κ2) is 4.66. The van der Waals surface area contributed by atoms with E-state index in [1.807, 2.05) is 0 Å². The maximum absolute atomic E-state index is 5.57. The third kappa shape index (κ3) is 2.98. The van der Waals surface area contributed by atoms with Gasteiger partial charge in [-0.2, -0.15) is 0 Å². The molecule has 0 unspecified atom stereocenters. The number of thiazole rings is 1. The highest BCUT2D eigenvalue weighted by Crippen LogP contribution is 2.19. The SMILES string of the molecule is Br.Clc1cnc(CBr)s1. The molecule has 0 saturated heterocycles. The zero-order chi connectivity index (χ0) is 5.98. The summed E-state index contributed by atoms with van der Waals surface area (Å²) in [5.41, 5.74) is 0. The van der Waals surface area contributed by atoms with Crippen molar-refractivity contribution in [1.82, 2.24) is 4.98 Å². The molecule has 0 N–H and O–H groups in total. The van der Waals surface area contributed by atoms with E-state index in [-0.39, 0.29) is 17.0 Å². The van der Waals surface area contributed by atoms with Crippen molar-refractivity contribution in [3.63, 3.8) is 0 Å². The molecule has 1 aromatic rings. The number of alkyl halides is 1. The first-order valence-electron chi connectivity index (χ1n) is 1.99. The van der Waals surface area contributed by atoms with Crippen molar-refractivity contribution in [1.29, 1.82) is 0 Å². The van der Waals surface area contributed by atoms with E-state index in [0.717, 1.165) is 14.7 Å². The molecule has 0 fully saturated rings. The van der Waals surface area contributed by atoms with Gasteiger partial charge in [-0.05, 0) is 0 Å². The van der Waals surface area contributed by atoms with E-state index in [2.05, 4.69) is 20.9 Å². The van der Waals surface area contributed by atoms with Crippen LogP contribution in [0.15, 0.2) is 6.20 Å². The van der Waals surface area contributed by atoms with Crippen molar-refractivity contribution in [3.8, 4) is 0 Å². The Kier molecular flexibility index (Phi) is 5.11. The average Bonchev–Trinajstić information content (AvgIpc) is 2.14. The van der Waals surface area contributed by atoms with Crippen LogP contribution in [0.3, 0.4) is 0 Å². The van der Waals surface area contributed by atoms with E-state index in [9.17, 15) is 0 Å². The maximum Gasteiger partial charge on any atom is 0.113 e. The molecule has 52 valence electrons. The van der Waals surface area contributed by atoms with Crippen LogP contribution in [0, 0.1) is 0 Å². The van der Waals surface area contributed by atoms with Gasteiger partial charge in [-0.25, -0.2) is 4.98 Å². The van der Waals surface area contributed by atoms with Gasteiger partial charge in [0, 0.05) is 0 Å².